The van der Waals surface area contributed by atoms with Crippen LogP contribution in [0.1, 0.15) is 22.4 Å². The number of rotatable bonds is 5. The van der Waals surface area contributed by atoms with Crippen LogP contribution >= 0.6 is 15.9 Å². The fourth-order valence-corrected chi connectivity index (χ4v) is 4.51. The zero-order valence-electron chi connectivity index (χ0n) is 18.4. The minimum atomic E-state index is -0.489. The van der Waals surface area contributed by atoms with E-state index in [2.05, 4.69) is 44.0 Å². The number of nitrogens with one attached hydrogen (secondary N) is 1. The van der Waals surface area contributed by atoms with Crippen molar-refractivity contribution < 1.29 is 14.0 Å². The number of hydrogen-bond donors (Lipinski definition) is 1. The Morgan fingerprint density at radius 2 is 1.56 bits per heavy atom. The Kier molecular flexibility index (Phi) is 5.79. The van der Waals surface area contributed by atoms with Gasteiger partial charge in [-0.1, -0.05) is 58.4 Å². The van der Waals surface area contributed by atoms with Gasteiger partial charge in [0, 0.05) is 33.2 Å². The van der Waals surface area contributed by atoms with Gasteiger partial charge in [0.05, 0.1) is 6.54 Å². The minimum absolute atomic E-state index is 0.0760. The lowest BCUT2D eigenvalue weighted by molar-refractivity contribution is -0.123. The molecule has 0 saturated carbocycles. The predicted octanol–water partition coefficient (Wildman–Crippen LogP) is 5.99. The lowest BCUT2D eigenvalue weighted by Crippen LogP contribution is -2.30. The van der Waals surface area contributed by atoms with Gasteiger partial charge in [0.15, 0.2) is 0 Å². The van der Waals surface area contributed by atoms with Crippen LogP contribution in [-0.2, 0) is 17.9 Å². The number of carbonyl (C=O) groups is 2. The van der Waals surface area contributed by atoms with Crippen molar-refractivity contribution in [1.29, 1.82) is 0 Å². The highest BCUT2D eigenvalue weighted by atomic mass is 79.9. The van der Waals surface area contributed by atoms with E-state index in [0.717, 1.165) is 37.1 Å². The number of hydrogen-bond acceptors (Lipinski definition) is 2. The highest BCUT2D eigenvalue weighted by molar-refractivity contribution is 9.10. The van der Waals surface area contributed by atoms with E-state index in [-0.39, 0.29) is 18.1 Å². The predicted molar refractivity (Wildman–Crippen MR) is 133 cm³/mol. The molecular formula is C27H21BrFN3O2. The second-order valence-electron chi connectivity index (χ2n) is 8.23. The van der Waals surface area contributed by atoms with Crippen LogP contribution in [0.3, 0.4) is 0 Å². The Labute approximate surface area is 204 Å². The SMILES string of the molecule is Cc1c(/C=C2\NC(=O)N(Cc3ccc(F)cc3)C2=O)c2ccccc2n1Cc1ccc(Br)cc1. The number of imide groups is 1. The Bertz CT molecular complexity index is 1440. The van der Waals surface area contributed by atoms with Crippen molar-refractivity contribution in [3.05, 3.63) is 111 Å². The number of urea groups is 1. The van der Waals surface area contributed by atoms with Gasteiger partial charge in [-0.3, -0.25) is 9.69 Å². The number of nitrogens with zero attached hydrogens (tertiary/aromatic N) is 2. The summed E-state index contributed by atoms with van der Waals surface area (Å²) in [4.78, 5) is 26.7. The lowest BCUT2D eigenvalue weighted by atomic mass is 10.1. The summed E-state index contributed by atoms with van der Waals surface area (Å²) in [6.45, 7) is 2.77. The van der Waals surface area contributed by atoms with Gasteiger partial charge in [-0.25, -0.2) is 9.18 Å². The number of aromatic nitrogens is 1. The molecule has 1 aliphatic heterocycles. The molecule has 2 heterocycles. The molecule has 0 radical (unpaired) electrons. The monoisotopic (exact) mass is 517 g/mol. The van der Waals surface area contributed by atoms with Crippen molar-refractivity contribution in [2.75, 3.05) is 0 Å². The third-order valence-electron chi connectivity index (χ3n) is 6.04. The van der Waals surface area contributed by atoms with E-state index < -0.39 is 11.9 Å². The molecule has 1 aliphatic rings. The van der Waals surface area contributed by atoms with Gasteiger partial charge in [-0.2, -0.15) is 0 Å². The largest absolute Gasteiger partial charge is 0.340 e. The Hall–Kier alpha value is -3.71. The molecule has 34 heavy (non-hydrogen) atoms. The maximum atomic E-state index is 13.2. The molecule has 1 fully saturated rings. The fourth-order valence-electron chi connectivity index (χ4n) is 4.25. The maximum Gasteiger partial charge on any atom is 0.329 e. The summed E-state index contributed by atoms with van der Waals surface area (Å²) in [6.07, 6.45) is 1.75. The summed E-state index contributed by atoms with van der Waals surface area (Å²) in [5.41, 5.74) is 4.99. The van der Waals surface area contributed by atoms with E-state index in [1.54, 1.807) is 18.2 Å². The van der Waals surface area contributed by atoms with E-state index >= 15 is 0 Å². The van der Waals surface area contributed by atoms with Crippen molar-refractivity contribution in [2.45, 2.75) is 20.0 Å². The molecule has 3 amide bonds. The van der Waals surface area contributed by atoms with Crippen LogP contribution in [0.25, 0.3) is 17.0 Å². The van der Waals surface area contributed by atoms with Crippen LogP contribution in [0.4, 0.5) is 9.18 Å². The van der Waals surface area contributed by atoms with Gasteiger partial charge in [-0.15, -0.1) is 0 Å². The average molecular weight is 518 g/mol. The zero-order valence-corrected chi connectivity index (χ0v) is 20.0. The van der Waals surface area contributed by atoms with E-state index in [1.165, 1.54) is 12.1 Å². The first-order valence-electron chi connectivity index (χ1n) is 10.8. The summed E-state index contributed by atoms with van der Waals surface area (Å²) in [6, 6.07) is 21.5. The zero-order chi connectivity index (χ0) is 23.8. The summed E-state index contributed by atoms with van der Waals surface area (Å²) in [7, 11) is 0. The van der Waals surface area contributed by atoms with Crippen LogP contribution in [0.2, 0.25) is 0 Å². The molecule has 0 bridgehead atoms. The van der Waals surface area contributed by atoms with Gasteiger partial charge >= 0.3 is 6.03 Å². The van der Waals surface area contributed by atoms with Crippen LogP contribution in [0, 0.1) is 12.7 Å². The Morgan fingerprint density at radius 1 is 0.912 bits per heavy atom. The first-order chi connectivity index (χ1) is 16.4. The molecular weight excluding hydrogens is 497 g/mol. The average Bonchev–Trinajstić information content (AvgIpc) is 3.25. The van der Waals surface area contributed by atoms with E-state index in [9.17, 15) is 14.0 Å². The summed E-state index contributed by atoms with van der Waals surface area (Å²) in [5.74, 6) is -0.769. The fraction of sp³-hybridized carbons (Fsp3) is 0.111. The van der Waals surface area contributed by atoms with Gasteiger partial charge < -0.3 is 9.88 Å². The van der Waals surface area contributed by atoms with Gasteiger partial charge in [-0.05, 0) is 54.5 Å². The first kappa shape index (κ1) is 22.1. The molecule has 1 saturated heterocycles. The van der Waals surface area contributed by atoms with Gasteiger partial charge in [0.25, 0.3) is 5.91 Å². The van der Waals surface area contributed by atoms with Crippen molar-refractivity contribution >= 4 is 44.8 Å². The Balaban J connectivity index is 1.49. The molecule has 1 aromatic heterocycles. The molecule has 170 valence electrons. The summed E-state index contributed by atoms with van der Waals surface area (Å²) >= 11 is 3.48. The Morgan fingerprint density at radius 3 is 2.29 bits per heavy atom. The van der Waals surface area contributed by atoms with Crippen LogP contribution in [0.5, 0.6) is 0 Å². The normalized spacial score (nSPS) is 14.9. The van der Waals surface area contributed by atoms with Crippen molar-refractivity contribution in [3.63, 3.8) is 0 Å². The molecule has 0 aliphatic carbocycles. The summed E-state index contributed by atoms with van der Waals surface area (Å²) in [5, 5.41) is 3.70. The van der Waals surface area contributed by atoms with Crippen molar-refractivity contribution in [2.24, 2.45) is 0 Å². The molecule has 0 unspecified atom stereocenters. The molecule has 1 N–H and O–H groups in total. The third kappa shape index (κ3) is 4.15. The van der Waals surface area contributed by atoms with E-state index in [4.69, 9.17) is 0 Å². The van der Waals surface area contributed by atoms with Gasteiger partial charge in [0.1, 0.15) is 11.5 Å². The standard InChI is InChI=1S/C27H21BrFN3O2/c1-17-23(14-24-26(33)32(27(34)30-24)16-19-8-12-21(29)13-9-19)22-4-2-3-5-25(22)31(17)15-18-6-10-20(28)11-7-18/h2-14H,15-16H2,1H3,(H,30,34)/b24-14-. The number of halogens is 2. The molecule has 0 spiro atoms. The molecule has 5 rings (SSSR count). The second-order valence-corrected chi connectivity index (χ2v) is 9.15. The second kappa shape index (κ2) is 8.91. The lowest BCUT2D eigenvalue weighted by Gasteiger charge is -2.11. The van der Waals surface area contributed by atoms with Crippen LogP contribution in [0.15, 0.2) is 83.0 Å². The van der Waals surface area contributed by atoms with Gasteiger partial charge in [0.2, 0.25) is 0 Å². The van der Waals surface area contributed by atoms with Crippen molar-refractivity contribution in [3.8, 4) is 0 Å². The first-order valence-corrected chi connectivity index (χ1v) is 11.6. The topological polar surface area (TPSA) is 54.3 Å². The molecule has 4 aromatic rings. The molecule has 0 atom stereocenters. The number of amides is 3. The number of fused-ring (bicyclic) bond motifs is 1. The number of benzene rings is 3. The van der Waals surface area contributed by atoms with E-state index in [1.807, 2.05) is 37.3 Å². The highest BCUT2D eigenvalue weighted by Crippen LogP contribution is 2.30. The molecule has 3 aromatic carbocycles. The molecule has 5 nitrogen and oxygen atoms in total. The third-order valence-corrected chi connectivity index (χ3v) is 6.57. The maximum absolute atomic E-state index is 13.2. The number of para-hydroxylation sites is 1. The number of carbonyl (C=O) groups excluding carboxylic acids is 2. The molecule has 7 heteroatoms. The minimum Gasteiger partial charge on any atom is -0.340 e. The quantitative estimate of drug-likeness (QED) is 0.261. The summed E-state index contributed by atoms with van der Waals surface area (Å²) < 4.78 is 16.4. The van der Waals surface area contributed by atoms with Crippen LogP contribution in [-0.4, -0.2) is 21.4 Å². The van der Waals surface area contributed by atoms with E-state index in [0.29, 0.717) is 12.1 Å². The smallest absolute Gasteiger partial charge is 0.329 e. The van der Waals surface area contributed by atoms with Crippen molar-refractivity contribution in [1.82, 2.24) is 14.8 Å². The highest BCUT2D eigenvalue weighted by Gasteiger charge is 2.34. The van der Waals surface area contributed by atoms with Crippen LogP contribution < -0.4 is 5.32 Å².